The zero-order valence-corrected chi connectivity index (χ0v) is 17.7. The third-order valence-electron chi connectivity index (χ3n) is 7.14. The molecule has 0 aromatic heterocycles. The number of azo groups is 1. The van der Waals surface area contributed by atoms with Gasteiger partial charge in [0.1, 0.15) is 4.45 Å². The monoisotopic (exact) mass is 438 g/mol. The fraction of sp³-hybridized carbons (Fsp3) is 0.750. The predicted molar refractivity (Wildman–Crippen MR) is 103 cm³/mol. The van der Waals surface area contributed by atoms with E-state index in [1.54, 1.807) is 13.0 Å². The number of rotatable bonds is 1. The van der Waals surface area contributed by atoms with Crippen molar-refractivity contribution < 1.29 is 20.1 Å². The second-order valence-electron chi connectivity index (χ2n) is 9.36. The lowest BCUT2D eigenvalue weighted by Gasteiger charge is -2.54. The molecule has 4 aliphatic rings. The maximum atomic E-state index is 12.8. The van der Waals surface area contributed by atoms with E-state index in [0.717, 1.165) is 0 Å². The number of aliphatic hydroxyl groups excluding tert-OH is 1. The van der Waals surface area contributed by atoms with Crippen LogP contribution in [0.25, 0.3) is 0 Å². The van der Waals surface area contributed by atoms with Gasteiger partial charge in [0, 0.05) is 24.2 Å². The summed E-state index contributed by atoms with van der Waals surface area (Å²) >= 11 is 3.79. The molecule has 1 heterocycles. The van der Waals surface area contributed by atoms with Crippen LogP contribution in [0.15, 0.2) is 33.5 Å². The average molecular weight is 439 g/mol. The molecule has 3 N–H and O–H groups in total. The maximum absolute atomic E-state index is 12.8. The number of hydrogen-bond donors (Lipinski definition) is 3. The lowest BCUT2D eigenvalue weighted by molar-refractivity contribution is -0.140. The summed E-state index contributed by atoms with van der Waals surface area (Å²) in [5, 5.41) is 42.4. The number of carbonyl (C=O) groups excluding carboxylic acids is 1. The van der Waals surface area contributed by atoms with Crippen molar-refractivity contribution >= 4 is 21.7 Å². The van der Waals surface area contributed by atoms with Crippen molar-refractivity contribution in [3.63, 3.8) is 0 Å². The molecule has 1 unspecified atom stereocenters. The quantitative estimate of drug-likeness (QED) is 0.332. The van der Waals surface area contributed by atoms with E-state index >= 15 is 0 Å². The molecule has 3 aliphatic carbocycles. The van der Waals surface area contributed by atoms with Gasteiger partial charge < -0.3 is 15.3 Å². The number of alkyl halides is 1. The van der Waals surface area contributed by atoms with E-state index in [-0.39, 0.29) is 30.6 Å². The molecule has 1 fully saturated rings. The molecule has 0 amide bonds. The second-order valence-corrected chi connectivity index (χ2v) is 10.7. The van der Waals surface area contributed by atoms with Crippen LogP contribution in [0.5, 0.6) is 0 Å². The minimum atomic E-state index is -1.77. The number of nitrogens with zero attached hydrogens (tertiary/aromatic N) is 2. The van der Waals surface area contributed by atoms with Crippen LogP contribution in [-0.2, 0) is 4.79 Å². The van der Waals surface area contributed by atoms with Crippen LogP contribution in [0, 0.1) is 23.7 Å². The van der Waals surface area contributed by atoms with Gasteiger partial charge in [-0.05, 0) is 37.3 Å². The summed E-state index contributed by atoms with van der Waals surface area (Å²) in [5.41, 5.74) is -2.74. The zero-order valence-electron chi connectivity index (χ0n) is 16.1. The summed E-state index contributed by atoms with van der Waals surface area (Å²) in [6.45, 7) is 7.38. The molecule has 0 radical (unpaired) electrons. The molecule has 1 aliphatic heterocycles. The van der Waals surface area contributed by atoms with E-state index in [1.807, 2.05) is 26.8 Å². The number of fused-ring (bicyclic) bond motifs is 5. The Hall–Kier alpha value is -0.890. The summed E-state index contributed by atoms with van der Waals surface area (Å²) in [7, 11) is 0. The third kappa shape index (κ3) is 2.32. The van der Waals surface area contributed by atoms with Gasteiger partial charge in [-0.15, -0.1) is 0 Å². The summed E-state index contributed by atoms with van der Waals surface area (Å²) in [6.07, 6.45) is 4.15. The number of carbonyl (C=O) groups is 1. The minimum Gasteiger partial charge on any atom is -0.392 e. The lowest BCUT2D eigenvalue weighted by atomic mass is 9.55. The van der Waals surface area contributed by atoms with E-state index in [2.05, 4.69) is 26.2 Å². The molecule has 0 saturated heterocycles. The molecule has 7 atom stereocenters. The lowest BCUT2D eigenvalue weighted by Crippen LogP contribution is -2.63. The SMILES string of the molecule is CC1C=C2[C@](O)(CC(CO)=C[C@H]3[C@@H]4C(C)(C)N=N[C@]4(Br)C[C@@H](C)[C@]23O)C1=O. The number of hydrogen-bond acceptors (Lipinski definition) is 6. The van der Waals surface area contributed by atoms with Gasteiger partial charge in [-0.25, -0.2) is 0 Å². The Morgan fingerprint density at radius 3 is 2.52 bits per heavy atom. The molecular weight excluding hydrogens is 412 g/mol. The van der Waals surface area contributed by atoms with Crippen molar-refractivity contribution in [3.05, 3.63) is 23.3 Å². The van der Waals surface area contributed by atoms with Crippen molar-refractivity contribution in [2.75, 3.05) is 6.61 Å². The van der Waals surface area contributed by atoms with Crippen LogP contribution in [-0.4, -0.2) is 48.9 Å². The molecule has 0 aromatic carbocycles. The van der Waals surface area contributed by atoms with E-state index in [1.165, 1.54) is 0 Å². The zero-order chi connectivity index (χ0) is 20.0. The highest BCUT2D eigenvalue weighted by Gasteiger charge is 2.69. The molecule has 6 nitrogen and oxygen atoms in total. The highest BCUT2D eigenvalue weighted by Crippen LogP contribution is 2.64. The van der Waals surface area contributed by atoms with E-state index in [9.17, 15) is 20.1 Å². The molecule has 0 aromatic rings. The van der Waals surface area contributed by atoms with Gasteiger partial charge in [-0.3, -0.25) is 4.79 Å². The first-order chi connectivity index (χ1) is 12.4. The van der Waals surface area contributed by atoms with Gasteiger partial charge >= 0.3 is 0 Å². The Labute approximate surface area is 167 Å². The van der Waals surface area contributed by atoms with Crippen LogP contribution >= 0.6 is 15.9 Å². The van der Waals surface area contributed by atoms with Crippen LogP contribution in [0.1, 0.15) is 40.5 Å². The van der Waals surface area contributed by atoms with Crippen LogP contribution in [0.2, 0.25) is 0 Å². The maximum Gasteiger partial charge on any atom is 0.175 e. The van der Waals surface area contributed by atoms with Crippen LogP contribution in [0.3, 0.4) is 0 Å². The standard InChI is InChI=1S/C20H27BrN2O4/c1-10-5-14-18(26,16(10)25)8-12(9-24)6-13-15-17(3,4)22-23-19(15,21)7-11(2)20(13,14)27/h5-6,10-11,13,15,24,26-27H,7-9H2,1-4H3/t10?,11-,13+,15-,18-,19-,20-/m1/s1. The van der Waals surface area contributed by atoms with Crippen LogP contribution in [0.4, 0.5) is 0 Å². The largest absolute Gasteiger partial charge is 0.392 e. The van der Waals surface area contributed by atoms with Gasteiger partial charge in [0.25, 0.3) is 0 Å². The van der Waals surface area contributed by atoms with E-state index < -0.39 is 33.0 Å². The Balaban J connectivity index is 1.97. The number of halogens is 1. The van der Waals surface area contributed by atoms with Crippen LogP contribution < -0.4 is 0 Å². The third-order valence-corrected chi connectivity index (χ3v) is 8.11. The van der Waals surface area contributed by atoms with Crippen molar-refractivity contribution in [2.45, 2.75) is 61.7 Å². The number of Topliss-reactive ketones (excluding diaryl/α,β-unsaturated/α-hetero) is 1. The van der Waals surface area contributed by atoms with Crippen molar-refractivity contribution in [3.8, 4) is 0 Å². The molecule has 1 saturated carbocycles. The number of aliphatic hydroxyl groups is 3. The second kappa shape index (κ2) is 5.59. The van der Waals surface area contributed by atoms with E-state index in [4.69, 9.17) is 0 Å². The van der Waals surface area contributed by atoms with Crippen molar-refractivity contribution in [1.82, 2.24) is 0 Å². The van der Waals surface area contributed by atoms with Crippen molar-refractivity contribution in [2.24, 2.45) is 33.9 Å². The molecule has 27 heavy (non-hydrogen) atoms. The fourth-order valence-electron chi connectivity index (χ4n) is 5.97. The summed E-state index contributed by atoms with van der Waals surface area (Å²) < 4.78 is -0.610. The Morgan fingerprint density at radius 2 is 1.89 bits per heavy atom. The highest BCUT2D eigenvalue weighted by molar-refractivity contribution is 9.10. The first-order valence-corrected chi connectivity index (χ1v) is 10.3. The Morgan fingerprint density at radius 1 is 1.22 bits per heavy atom. The smallest absolute Gasteiger partial charge is 0.175 e. The number of allylic oxidation sites excluding steroid dienone is 1. The average Bonchev–Trinajstić information content (AvgIpc) is 2.91. The first-order valence-electron chi connectivity index (χ1n) is 9.55. The van der Waals surface area contributed by atoms with Gasteiger partial charge in [-0.2, -0.15) is 10.2 Å². The summed E-state index contributed by atoms with van der Waals surface area (Å²) in [4.78, 5) is 12.8. The molecule has 7 heteroatoms. The summed E-state index contributed by atoms with van der Waals surface area (Å²) in [5.74, 6) is -1.67. The molecule has 0 bridgehead atoms. The number of ketones is 1. The highest BCUT2D eigenvalue weighted by atomic mass is 79.9. The predicted octanol–water partition coefficient (Wildman–Crippen LogP) is 2.52. The Kier molecular flexibility index (Phi) is 4.02. The molecule has 4 rings (SSSR count). The molecule has 0 spiro atoms. The fourth-order valence-corrected chi connectivity index (χ4v) is 7.38. The van der Waals surface area contributed by atoms with Gasteiger partial charge in [0.05, 0.1) is 17.7 Å². The molecular formula is C20H27BrN2O4. The molecule has 148 valence electrons. The van der Waals surface area contributed by atoms with Gasteiger partial charge in [-0.1, -0.05) is 41.9 Å². The Bertz CT molecular complexity index is 806. The topological polar surface area (TPSA) is 102 Å². The normalized spacial score (nSPS) is 50.4. The van der Waals surface area contributed by atoms with Gasteiger partial charge in [0.2, 0.25) is 0 Å². The summed E-state index contributed by atoms with van der Waals surface area (Å²) in [6, 6.07) is 0. The minimum absolute atomic E-state index is 0.0146. The van der Waals surface area contributed by atoms with Crippen molar-refractivity contribution in [1.29, 1.82) is 0 Å². The first kappa shape index (κ1) is 19.4. The van der Waals surface area contributed by atoms with E-state index in [0.29, 0.717) is 17.6 Å². The van der Waals surface area contributed by atoms with Gasteiger partial charge in [0.15, 0.2) is 11.4 Å².